The Morgan fingerprint density at radius 3 is 2.75 bits per heavy atom. The minimum absolute atomic E-state index is 0.171. The summed E-state index contributed by atoms with van der Waals surface area (Å²) in [6.07, 6.45) is 0.0757. The van der Waals surface area contributed by atoms with Gasteiger partial charge in [0.1, 0.15) is 0 Å². The molecule has 0 radical (unpaired) electrons. The van der Waals surface area contributed by atoms with Crippen LogP contribution in [0.25, 0.3) is 0 Å². The fourth-order valence-electron chi connectivity index (χ4n) is 1.49. The first-order valence-electron chi connectivity index (χ1n) is 5.18. The van der Waals surface area contributed by atoms with Gasteiger partial charge in [-0.1, -0.05) is 18.2 Å². The molecule has 2 rings (SSSR count). The molecule has 1 aliphatic heterocycles. The summed E-state index contributed by atoms with van der Waals surface area (Å²) in [5, 5.41) is 0. The van der Waals surface area contributed by atoms with E-state index in [0.29, 0.717) is 25.0 Å². The van der Waals surface area contributed by atoms with Crippen molar-refractivity contribution in [2.24, 2.45) is 0 Å². The highest BCUT2D eigenvalue weighted by Crippen LogP contribution is 2.12. The maximum absolute atomic E-state index is 11.6. The maximum Gasteiger partial charge on any atom is 0.340 e. The van der Waals surface area contributed by atoms with Crippen molar-refractivity contribution in [1.29, 1.82) is 0 Å². The van der Waals surface area contributed by atoms with Crippen LogP contribution in [0, 0.1) is 0 Å². The van der Waals surface area contributed by atoms with Crippen LogP contribution < -0.4 is 0 Å². The Labute approximate surface area is 93.2 Å². The molecule has 4 nitrogen and oxygen atoms in total. The van der Waals surface area contributed by atoms with E-state index in [1.807, 2.05) is 0 Å². The topological polar surface area (TPSA) is 52.6 Å². The third-order valence-electron chi connectivity index (χ3n) is 2.32. The molecule has 1 saturated heterocycles. The van der Waals surface area contributed by atoms with Crippen LogP contribution in [-0.2, 0) is 14.3 Å². The summed E-state index contributed by atoms with van der Waals surface area (Å²) >= 11 is 0. The van der Waals surface area contributed by atoms with E-state index in [1.54, 1.807) is 30.3 Å². The summed E-state index contributed by atoms with van der Waals surface area (Å²) < 4.78 is 10.1. The van der Waals surface area contributed by atoms with E-state index in [2.05, 4.69) is 0 Å². The molecule has 16 heavy (non-hydrogen) atoms. The molecule has 0 bridgehead atoms. The smallest absolute Gasteiger partial charge is 0.340 e. The monoisotopic (exact) mass is 220 g/mol. The molecule has 1 aromatic carbocycles. The number of hydrogen-bond acceptors (Lipinski definition) is 4. The molecule has 1 aromatic rings. The van der Waals surface area contributed by atoms with Crippen molar-refractivity contribution < 1.29 is 19.1 Å². The van der Waals surface area contributed by atoms with E-state index in [9.17, 15) is 9.59 Å². The molecule has 1 atom stereocenters. The Bertz CT molecular complexity index is 385. The molecule has 4 heteroatoms. The molecule has 0 saturated carbocycles. The van der Waals surface area contributed by atoms with Gasteiger partial charge in [-0.3, -0.25) is 4.79 Å². The standard InChI is InChI=1S/C12H12O4/c13-10-7-4-8-15-12(10)16-11(14)9-5-2-1-3-6-9/h1-3,5-6,12H,4,7-8H2. The normalized spacial score (nSPS) is 20.5. The van der Waals surface area contributed by atoms with Crippen LogP contribution in [0.5, 0.6) is 0 Å². The Morgan fingerprint density at radius 2 is 2.06 bits per heavy atom. The summed E-state index contributed by atoms with van der Waals surface area (Å²) in [4.78, 5) is 23.0. The van der Waals surface area contributed by atoms with Crippen LogP contribution in [-0.4, -0.2) is 24.6 Å². The van der Waals surface area contributed by atoms with E-state index in [0.717, 1.165) is 0 Å². The van der Waals surface area contributed by atoms with Crippen LogP contribution in [0.1, 0.15) is 23.2 Å². The lowest BCUT2D eigenvalue weighted by Crippen LogP contribution is -2.34. The SMILES string of the molecule is O=C(OC1OCCCC1=O)c1ccccc1. The number of benzene rings is 1. The van der Waals surface area contributed by atoms with Crippen molar-refractivity contribution in [1.82, 2.24) is 0 Å². The third-order valence-corrected chi connectivity index (χ3v) is 2.32. The summed E-state index contributed by atoms with van der Waals surface area (Å²) in [6.45, 7) is 0.457. The number of hydrogen-bond donors (Lipinski definition) is 0. The van der Waals surface area contributed by atoms with Gasteiger partial charge in [-0.2, -0.15) is 0 Å². The van der Waals surface area contributed by atoms with Crippen LogP contribution in [0.3, 0.4) is 0 Å². The lowest BCUT2D eigenvalue weighted by molar-refractivity contribution is -0.165. The fourth-order valence-corrected chi connectivity index (χ4v) is 1.49. The van der Waals surface area contributed by atoms with Gasteiger partial charge < -0.3 is 9.47 Å². The molecule has 84 valence electrons. The minimum atomic E-state index is -1.03. The number of carbonyl (C=O) groups is 2. The number of ketones is 1. The first kappa shape index (κ1) is 10.8. The summed E-state index contributed by atoms with van der Waals surface area (Å²) in [5.41, 5.74) is 0.421. The van der Waals surface area contributed by atoms with Crippen molar-refractivity contribution in [2.75, 3.05) is 6.61 Å². The number of Topliss-reactive ketones (excluding diaryl/α,β-unsaturated/α-hetero) is 1. The molecule has 1 unspecified atom stereocenters. The van der Waals surface area contributed by atoms with E-state index >= 15 is 0 Å². The van der Waals surface area contributed by atoms with Gasteiger partial charge >= 0.3 is 5.97 Å². The maximum atomic E-state index is 11.6. The molecule has 0 aliphatic carbocycles. The second kappa shape index (κ2) is 4.90. The molecule has 1 heterocycles. The predicted molar refractivity (Wildman–Crippen MR) is 55.8 cm³/mol. The highest BCUT2D eigenvalue weighted by atomic mass is 16.7. The van der Waals surface area contributed by atoms with E-state index in [-0.39, 0.29) is 5.78 Å². The number of rotatable bonds is 2. The highest BCUT2D eigenvalue weighted by molar-refractivity contribution is 5.92. The number of carbonyl (C=O) groups excluding carboxylic acids is 2. The third kappa shape index (κ3) is 2.46. The predicted octanol–water partition coefficient (Wildman–Crippen LogP) is 1.55. The fraction of sp³-hybridized carbons (Fsp3) is 0.333. The van der Waals surface area contributed by atoms with Gasteiger partial charge in [-0.25, -0.2) is 4.79 Å². The van der Waals surface area contributed by atoms with Crippen LogP contribution in [0.15, 0.2) is 30.3 Å². The Hall–Kier alpha value is -1.68. The van der Waals surface area contributed by atoms with Gasteiger partial charge in [0.25, 0.3) is 6.29 Å². The molecule has 1 fully saturated rings. The van der Waals surface area contributed by atoms with Crippen LogP contribution >= 0.6 is 0 Å². The average Bonchev–Trinajstić information content (AvgIpc) is 2.33. The largest absolute Gasteiger partial charge is 0.424 e. The minimum Gasteiger partial charge on any atom is -0.424 e. The van der Waals surface area contributed by atoms with Gasteiger partial charge in [0.15, 0.2) is 0 Å². The second-order valence-corrected chi connectivity index (χ2v) is 3.54. The molecule has 0 N–H and O–H groups in total. The zero-order valence-corrected chi connectivity index (χ0v) is 8.72. The van der Waals surface area contributed by atoms with Crippen molar-refractivity contribution >= 4 is 11.8 Å². The summed E-state index contributed by atoms with van der Waals surface area (Å²) in [5.74, 6) is -0.698. The van der Waals surface area contributed by atoms with Gasteiger partial charge in [0.05, 0.1) is 12.2 Å². The van der Waals surface area contributed by atoms with Crippen molar-refractivity contribution in [3.63, 3.8) is 0 Å². The Morgan fingerprint density at radius 1 is 1.31 bits per heavy atom. The van der Waals surface area contributed by atoms with Crippen molar-refractivity contribution in [2.45, 2.75) is 19.1 Å². The van der Waals surface area contributed by atoms with Gasteiger partial charge in [-0.05, 0) is 18.6 Å². The first-order valence-corrected chi connectivity index (χ1v) is 5.18. The van der Waals surface area contributed by atoms with Gasteiger partial charge in [0.2, 0.25) is 5.78 Å². The lowest BCUT2D eigenvalue weighted by Gasteiger charge is -2.21. The summed E-state index contributed by atoms with van der Waals surface area (Å²) in [7, 11) is 0. The molecule has 1 aliphatic rings. The molecular weight excluding hydrogens is 208 g/mol. The van der Waals surface area contributed by atoms with Gasteiger partial charge in [0, 0.05) is 6.42 Å². The first-order chi connectivity index (χ1) is 7.77. The lowest BCUT2D eigenvalue weighted by atomic mass is 10.2. The summed E-state index contributed by atoms with van der Waals surface area (Å²) in [6, 6.07) is 8.55. The van der Waals surface area contributed by atoms with Crippen molar-refractivity contribution in [3.05, 3.63) is 35.9 Å². The van der Waals surface area contributed by atoms with E-state index in [4.69, 9.17) is 9.47 Å². The highest BCUT2D eigenvalue weighted by Gasteiger charge is 2.26. The van der Waals surface area contributed by atoms with Crippen molar-refractivity contribution in [3.8, 4) is 0 Å². The number of esters is 1. The average molecular weight is 220 g/mol. The Kier molecular flexibility index (Phi) is 3.31. The zero-order valence-electron chi connectivity index (χ0n) is 8.72. The number of ether oxygens (including phenoxy) is 2. The molecular formula is C12H12O4. The Balaban J connectivity index is 1.99. The molecule has 0 amide bonds. The van der Waals surface area contributed by atoms with E-state index in [1.165, 1.54) is 0 Å². The molecule has 0 aromatic heterocycles. The van der Waals surface area contributed by atoms with Crippen LogP contribution in [0.4, 0.5) is 0 Å². The van der Waals surface area contributed by atoms with Crippen LogP contribution in [0.2, 0.25) is 0 Å². The zero-order chi connectivity index (χ0) is 11.4. The second-order valence-electron chi connectivity index (χ2n) is 3.54. The van der Waals surface area contributed by atoms with E-state index < -0.39 is 12.3 Å². The van der Waals surface area contributed by atoms with Gasteiger partial charge in [-0.15, -0.1) is 0 Å². The quantitative estimate of drug-likeness (QED) is 0.709. The molecule has 0 spiro atoms.